The van der Waals surface area contributed by atoms with Crippen LogP contribution in [0, 0.1) is 0 Å². The molecule has 0 aliphatic heterocycles. The minimum atomic E-state index is 0.840. The molecule has 24 heavy (non-hydrogen) atoms. The maximum absolute atomic E-state index is 5.61. The molecule has 0 bridgehead atoms. The van der Waals surface area contributed by atoms with E-state index in [-0.39, 0.29) is 0 Å². The first-order valence-electron chi connectivity index (χ1n) is 7.78. The van der Waals surface area contributed by atoms with Gasteiger partial charge in [-0.25, -0.2) is 0 Å². The van der Waals surface area contributed by atoms with Crippen molar-refractivity contribution in [3.05, 3.63) is 60.9 Å². The summed E-state index contributed by atoms with van der Waals surface area (Å²) in [5.41, 5.74) is 4.16. The van der Waals surface area contributed by atoms with E-state index in [9.17, 15) is 0 Å². The quantitative estimate of drug-likeness (QED) is 0.565. The van der Waals surface area contributed by atoms with Gasteiger partial charge in [0.2, 0.25) is 0 Å². The molecule has 0 atom stereocenters. The van der Waals surface area contributed by atoms with E-state index in [0.29, 0.717) is 0 Å². The van der Waals surface area contributed by atoms with E-state index in [4.69, 9.17) is 9.47 Å². The van der Waals surface area contributed by atoms with E-state index in [1.807, 2.05) is 36.7 Å². The molecule has 4 heteroatoms. The Morgan fingerprint density at radius 2 is 1.08 bits per heavy atom. The Labute approximate surface area is 140 Å². The summed E-state index contributed by atoms with van der Waals surface area (Å²) in [6, 6.07) is 16.3. The average Bonchev–Trinajstić information content (AvgIpc) is 3.33. The number of methoxy groups -OCH3 is 2. The Kier molecular flexibility index (Phi) is 3.50. The number of rotatable bonds is 4. The first kappa shape index (κ1) is 14.5. The molecule has 4 aromatic rings. The summed E-state index contributed by atoms with van der Waals surface area (Å²) < 4.78 is 11.2. The Bertz CT molecular complexity index is 889. The number of ether oxygens (including phenoxy) is 2. The van der Waals surface area contributed by atoms with Crippen molar-refractivity contribution >= 4 is 10.8 Å². The molecule has 0 saturated carbocycles. The van der Waals surface area contributed by atoms with Crippen LogP contribution in [-0.2, 0) is 0 Å². The molecule has 2 aromatic carbocycles. The molecule has 2 aromatic heterocycles. The van der Waals surface area contributed by atoms with Crippen LogP contribution in [-0.4, -0.2) is 24.2 Å². The minimum absolute atomic E-state index is 0.840. The van der Waals surface area contributed by atoms with Crippen molar-refractivity contribution in [1.29, 1.82) is 0 Å². The molecule has 4 rings (SSSR count). The number of fused-ring (bicyclic) bond motifs is 1. The molecule has 2 heterocycles. The summed E-state index contributed by atoms with van der Waals surface area (Å²) in [7, 11) is 3.39. The fourth-order valence-electron chi connectivity index (χ4n) is 3.23. The fraction of sp³-hybridized carbons (Fsp3) is 0.100. The molecule has 0 aliphatic carbocycles. The molecule has 0 amide bonds. The van der Waals surface area contributed by atoms with Gasteiger partial charge in [0.1, 0.15) is 11.5 Å². The molecule has 0 saturated heterocycles. The third-order valence-electron chi connectivity index (χ3n) is 4.30. The number of hydrogen-bond donors (Lipinski definition) is 2. The van der Waals surface area contributed by atoms with Crippen molar-refractivity contribution in [1.82, 2.24) is 9.97 Å². The van der Waals surface area contributed by atoms with Crippen molar-refractivity contribution in [3.63, 3.8) is 0 Å². The highest BCUT2D eigenvalue weighted by Crippen LogP contribution is 2.43. The van der Waals surface area contributed by atoms with Gasteiger partial charge in [0, 0.05) is 34.9 Å². The Balaban J connectivity index is 2.11. The third-order valence-corrected chi connectivity index (χ3v) is 4.30. The second-order valence-electron chi connectivity index (χ2n) is 5.55. The number of aromatic amines is 2. The van der Waals surface area contributed by atoms with Crippen LogP contribution in [0.2, 0.25) is 0 Å². The van der Waals surface area contributed by atoms with Crippen molar-refractivity contribution in [3.8, 4) is 34.0 Å². The molecule has 0 radical (unpaired) electrons. The Hall–Kier alpha value is -3.14. The zero-order valence-corrected chi connectivity index (χ0v) is 13.6. The second-order valence-corrected chi connectivity index (χ2v) is 5.55. The van der Waals surface area contributed by atoms with Crippen LogP contribution in [0.4, 0.5) is 0 Å². The van der Waals surface area contributed by atoms with Gasteiger partial charge in [-0.05, 0) is 59.3 Å². The van der Waals surface area contributed by atoms with Gasteiger partial charge in [0.05, 0.1) is 14.2 Å². The van der Waals surface area contributed by atoms with E-state index in [2.05, 4.69) is 34.2 Å². The van der Waals surface area contributed by atoms with Crippen LogP contribution in [0.15, 0.2) is 60.9 Å². The highest BCUT2D eigenvalue weighted by atomic mass is 16.5. The molecule has 0 aliphatic rings. The van der Waals surface area contributed by atoms with Crippen LogP contribution in [0.25, 0.3) is 33.3 Å². The molecule has 120 valence electrons. The van der Waals surface area contributed by atoms with Gasteiger partial charge in [-0.2, -0.15) is 0 Å². The van der Waals surface area contributed by atoms with Gasteiger partial charge in [-0.3, -0.25) is 0 Å². The molecule has 0 unspecified atom stereocenters. The van der Waals surface area contributed by atoms with Crippen molar-refractivity contribution in [2.45, 2.75) is 0 Å². The third kappa shape index (κ3) is 2.15. The number of benzene rings is 2. The highest BCUT2D eigenvalue weighted by molar-refractivity contribution is 6.07. The van der Waals surface area contributed by atoms with Crippen LogP contribution in [0.5, 0.6) is 11.5 Å². The highest BCUT2D eigenvalue weighted by Gasteiger charge is 2.17. The lowest BCUT2D eigenvalue weighted by atomic mass is 9.95. The molecule has 0 fully saturated rings. The van der Waals surface area contributed by atoms with Crippen molar-refractivity contribution < 1.29 is 9.47 Å². The Morgan fingerprint density at radius 3 is 1.42 bits per heavy atom. The van der Waals surface area contributed by atoms with Gasteiger partial charge in [-0.15, -0.1) is 0 Å². The lowest BCUT2D eigenvalue weighted by Gasteiger charge is -2.16. The number of nitrogens with one attached hydrogen (secondary N) is 2. The number of H-pyrrole nitrogens is 2. The molecular formula is C20H18N2O2. The zero-order valence-electron chi connectivity index (χ0n) is 13.6. The predicted octanol–water partition coefficient (Wildman–Crippen LogP) is 4.85. The van der Waals surface area contributed by atoms with Gasteiger partial charge >= 0.3 is 0 Å². The Morgan fingerprint density at radius 1 is 0.625 bits per heavy atom. The minimum Gasteiger partial charge on any atom is -0.496 e. The van der Waals surface area contributed by atoms with Gasteiger partial charge < -0.3 is 19.4 Å². The predicted molar refractivity (Wildman–Crippen MR) is 96.6 cm³/mol. The molecule has 4 nitrogen and oxygen atoms in total. The van der Waals surface area contributed by atoms with Crippen LogP contribution in [0.1, 0.15) is 0 Å². The largest absolute Gasteiger partial charge is 0.496 e. The van der Waals surface area contributed by atoms with Gasteiger partial charge in [-0.1, -0.05) is 0 Å². The van der Waals surface area contributed by atoms with E-state index in [1.54, 1.807) is 14.2 Å². The van der Waals surface area contributed by atoms with Gasteiger partial charge in [0.15, 0.2) is 0 Å². The van der Waals surface area contributed by atoms with Crippen LogP contribution >= 0.6 is 0 Å². The molecule has 2 N–H and O–H groups in total. The first-order valence-corrected chi connectivity index (χ1v) is 7.78. The number of aromatic nitrogens is 2. The van der Waals surface area contributed by atoms with Gasteiger partial charge in [0.25, 0.3) is 0 Å². The molecular weight excluding hydrogens is 300 g/mol. The first-order chi connectivity index (χ1) is 11.8. The van der Waals surface area contributed by atoms with Crippen molar-refractivity contribution in [2.75, 3.05) is 14.2 Å². The molecule has 0 spiro atoms. The summed E-state index contributed by atoms with van der Waals surface area (Å²) >= 11 is 0. The average molecular weight is 318 g/mol. The van der Waals surface area contributed by atoms with Crippen LogP contribution in [0.3, 0.4) is 0 Å². The normalized spacial score (nSPS) is 10.9. The lowest BCUT2D eigenvalue weighted by Crippen LogP contribution is -1.94. The van der Waals surface area contributed by atoms with E-state index in [0.717, 1.165) is 44.8 Å². The fourth-order valence-corrected chi connectivity index (χ4v) is 3.23. The summed E-state index contributed by atoms with van der Waals surface area (Å²) in [5, 5.41) is 2.23. The van der Waals surface area contributed by atoms with Crippen molar-refractivity contribution in [2.24, 2.45) is 0 Å². The maximum atomic E-state index is 5.61. The lowest BCUT2D eigenvalue weighted by molar-refractivity contribution is 0.415. The van der Waals surface area contributed by atoms with E-state index in [1.165, 1.54) is 0 Å². The topological polar surface area (TPSA) is 50.0 Å². The maximum Gasteiger partial charge on any atom is 0.128 e. The van der Waals surface area contributed by atoms with E-state index < -0.39 is 0 Å². The monoisotopic (exact) mass is 318 g/mol. The summed E-state index contributed by atoms with van der Waals surface area (Å²) in [6.07, 6.45) is 3.84. The number of hydrogen-bond acceptors (Lipinski definition) is 2. The smallest absolute Gasteiger partial charge is 0.128 e. The zero-order chi connectivity index (χ0) is 16.5. The summed E-state index contributed by atoms with van der Waals surface area (Å²) in [4.78, 5) is 6.57. The summed E-state index contributed by atoms with van der Waals surface area (Å²) in [6.45, 7) is 0. The van der Waals surface area contributed by atoms with E-state index >= 15 is 0 Å². The van der Waals surface area contributed by atoms with Crippen LogP contribution < -0.4 is 9.47 Å². The standard InChI is InChI=1S/C20H18N2O2/c1-23-17-9-7-14-13(19(17)15-5-3-11-21-15)8-10-18(24-2)20(14)16-6-4-12-22-16/h3-12,21-22H,1-2H3. The summed E-state index contributed by atoms with van der Waals surface area (Å²) in [5.74, 6) is 1.68. The SMILES string of the molecule is COc1ccc2c(-c3ccc[nH]3)c(OC)ccc2c1-c1ccc[nH]1. The second kappa shape index (κ2) is 5.81.